The Bertz CT molecular complexity index is 87.9. The van der Waals surface area contributed by atoms with Crippen molar-refractivity contribution in [3.8, 4) is 0 Å². The molecule has 0 spiro atoms. The molecule has 0 fully saturated rings. The molecule has 0 saturated carbocycles. The molecule has 9 heavy (non-hydrogen) atoms. The van der Waals surface area contributed by atoms with Crippen LogP contribution in [0.15, 0.2) is 0 Å². The largest absolute Gasteiger partial charge is 0.716 e. The highest BCUT2D eigenvalue weighted by atomic mass is 31.1. The van der Waals surface area contributed by atoms with Crippen LogP contribution in [0.2, 0.25) is 0 Å². The van der Waals surface area contributed by atoms with E-state index in [0.717, 1.165) is 12.8 Å². The molecule has 1 atom stereocenters. The molecule has 5 heteroatoms. The summed E-state index contributed by atoms with van der Waals surface area (Å²) in [6, 6.07) is 0. The first-order valence-electron chi connectivity index (χ1n) is 2.78. The Labute approximate surface area is 55.2 Å². The van der Waals surface area contributed by atoms with Gasteiger partial charge in [0.05, 0.1) is 0 Å². The molecule has 0 aliphatic carbocycles. The van der Waals surface area contributed by atoms with Crippen molar-refractivity contribution in [1.29, 1.82) is 0 Å². The van der Waals surface area contributed by atoms with Gasteiger partial charge < -0.3 is 0 Å². The molecule has 1 unspecified atom stereocenters. The summed E-state index contributed by atoms with van der Waals surface area (Å²) >= 11 is 0. The van der Waals surface area contributed by atoms with Gasteiger partial charge in [-0.05, 0) is 11.0 Å². The summed E-state index contributed by atoms with van der Waals surface area (Å²) in [5, 5.41) is 0. The predicted molar refractivity (Wildman–Crippen MR) is 33.7 cm³/mol. The zero-order valence-electron chi connectivity index (χ0n) is 5.37. The van der Waals surface area contributed by atoms with Gasteiger partial charge >= 0.3 is 8.25 Å². The van der Waals surface area contributed by atoms with Crippen molar-refractivity contribution >= 4 is 8.25 Å². The molecule has 0 aliphatic rings. The quantitative estimate of drug-likeness (QED) is 0.367. The molecular weight excluding hydrogens is 141 g/mol. The zero-order valence-corrected chi connectivity index (χ0v) is 6.27. The van der Waals surface area contributed by atoms with Gasteiger partial charge in [-0.3, -0.25) is 0 Å². The first-order valence-corrected chi connectivity index (χ1v) is 3.87. The minimum Gasteiger partial charge on any atom is -0.162 e. The van der Waals surface area contributed by atoms with Crippen molar-refractivity contribution in [2.75, 3.05) is 6.61 Å². The van der Waals surface area contributed by atoms with Gasteiger partial charge in [0, 0.05) is 4.57 Å². The Kier molecular flexibility index (Phi) is 6.09. The van der Waals surface area contributed by atoms with E-state index in [0.29, 0.717) is 6.61 Å². The average molecular weight is 152 g/mol. The van der Waals surface area contributed by atoms with E-state index in [4.69, 9.17) is 0 Å². The van der Waals surface area contributed by atoms with Gasteiger partial charge in [-0.2, -0.15) is 5.90 Å². The van der Waals surface area contributed by atoms with Crippen molar-refractivity contribution in [3.05, 3.63) is 0 Å². The van der Waals surface area contributed by atoms with Gasteiger partial charge in [-0.1, -0.05) is 13.3 Å². The number of hydrogen-bond donors (Lipinski definition) is 1. The molecule has 54 valence electrons. The number of hydrogen-bond acceptors (Lipinski definition) is 4. The van der Waals surface area contributed by atoms with Gasteiger partial charge in [0.25, 0.3) is 0 Å². The predicted octanol–water partition coefficient (Wildman–Crippen LogP) is 1.35. The molecule has 4 nitrogen and oxygen atoms in total. The van der Waals surface area contributed by atoms with Crippen LogP contribution in [0.3, 0.4) is 0 Å². The lowest BCUT2D eigenvalue weighted by Crippen LogP contribution is -1.92. The first kappa shape index (κ1) is 8.98. The van der Waals surface area contributed by atoms with Crippen LogP contribution in [-0.4, -0.2) is 6.61 Å². The van der Waals surface area contributed by atoms with E-state index in [9.17, 15) is 4.57 Å². The third-order valence-corrected chi connectivity index (χ3v) is 1.35. The highest BCUT2D eigenvalue weighted by Gasteiger charge is 2.16. The first-order chi connectivity index (χ1) is 4.31. The van der Waals surface area contributed by atoms with E-state index >= 15 is 0 Å². The summed E-state index contributed by atoms with van der Waals surface area (Å²) in [6.07, 6.45) is 1.89. The van der Waals surface area contributed by atoms with E-state index in [1.807, 2.05) is 6.92 Å². The summed E-state index contributed by atoms with van der Waals surface area (Å²) in [5.41, 5.74) is 0. The van der Waals surface area contributed by atoms with Gasteiger partial charge in [0.15, 0.2) is 0 Å². The van der Waals surface area contributed by atoms with Crippen LogP contribution in [0.5, 0.6) is 0 Å². The summed E-state index contributed by atoms with van der Waals surface area (Å²) in [6.45, 7) is 2.46. The van der Waals surface area contributed by atoms with Gasteiger partial charge in [0.1, 0.15) is 6.61 Å². The van der Waals surface area contributed by atoms with Gasteiger partial charge in [0.2, 0.25) is 0 Å². The van der Waals surface area contributed by atoms with Crippen LogP contribution >= 0.6 is 8.25 Å². The Morgan fingerprint density at radius 3 is 2.78 bits per heavy atom. The smallest absolute Gasteiger partial charge is 0.162 e. The fraction of sp³-hybridized carbons (Fsp3) is 1.00. The molecule has 0 amide bonds. The lowest BCUT2D eigenvalue weighted by molar-refractivity contribution is 0.227. The van der Waals surface area contributed by atoms with Crippen molar-refractivity contribution in [2.45, 2.75) is 19.8 Å². The van der Waals surface area contributed by atoms with E-state index in [1.165, 1.54) is 0 Å². The van der Waals surface area contributed by atoms with Crippen molar-refractivity contribution < 1.29 is 13.7 Å². The summed E-state index contributed by atoms with van der Waals surface area (Å²) in [4.78, 5) is 0. The molecule has 0 aromatic rings. The minimum atomic E-state index is -2.06. The van der Waals surface area contributed by atoms with Crippen molar-refractivity contribution in [2.24, 2.45) is 5.90 Å². The van der Waals surface area contributed by atoms with Gasteiger partial charge in [-0.15, -0.1) is 4.52 Å². The summed E-state index contributed by atoms with van der Waals surface area (Å²) in [7, 11) is -2.06. The minimum absolute atomic E-state index is 0.447. The molecule has 0 aromatic heterocycles. The molecule has 0 aromatic carbocycles. The number of unbranched alkanes of at least 4 members (excludes halogenated alkanes) is 1. The fourth-order valence-electron chi connectivity index (χ4n) is 0.314. The zero-order chi connectivity index (χ0) is 7.11. The molecular formula is C4H11NO3P+. The van der Waals surface area contributed by atoms with Crippen LogP contribution in [0.4, 0.5) is 0 Å². The maximum absolute atomic E-state index is 10.3. The SMILES string of the molecule is CCCCO[P+](=O)ON. The Balaban J connectivity index is 2.97. The molecule has 0 rings (SSSR count). The lowest BCUT2D eigenvalue weighted by atomic mass is 10.4. The van der Waals surface area contributed by atoms with Crippen LogP contribution in [0, 0.1) is 0 Å². The van der Waals surface area contributed by atoms with Crippen molar-refractivity contribution in [3.63, 3.8) is 0 Å². The highest BCUT2D eigenvalue weighted by Crippen LogP contribution is 2.19. The molecule has 2 N–H and O–H groups in total. The lowest BCUT2D eigenvalue weighted by Gasteiger charge is -1.84. The summed E-state index contributed by atoms with van der Waals surface area (Å²) in [5.74, 6) is 4.55. The second-order valence-electron chi connectivity index (χ2n) is 1.52. The number of nitrogens with two attached hydrogens (primary N) is 1. The molecule has 0 saturated heterocycles. The second-order valence-corrected chi connectivity index (χ2v) is 2.43. The van der Waals surface area contributed by atoms with Crippen LogP contribution in [-0.2, 0) is 13.7 Å². The van der Waals surface area contributed by atoms with E-state index in [-0.39, 0.29) is 0 Å². The van der Waals surface area contributed by atoms with E-state index in [1.54, 1.807) is 0 Å². The van der Waals surface area contributed by atoms with E-state index in [2.05, 4.69) is 15.0 Å². The Hall–Kier alpha value is -0.0200. The standard InChI is InChI=1S/C4H11NO3P/c1-2-3-4-7-9(6)8-5/h2-5H2,1H3/q+1. The summed E-state index contributed by atoms with van der Waals surface area (Å²) < 4.78 is 18.7. The fourth-order valence-corrected chi connectivity index (χ4v) is 0.653. The third kappa shape index (κ3) is 5.86. The van der Waals surface area contributed by atoms with Crippen LogP contribution in [0.25, 0.3) is 0 Å². The third-order valence-electron chi connectivity index (χ3n) is 0.781. The van der Waals surface area contributed by atoms with Crippen LogP contribution in [0.1, 0.15) is 19.8 Å². The molecule has 0 bridgehead atoms. The number of rotatable bonds is 5. The topological polar surface area (TPSA) is 61.5 Å². The Morgan fingerprint density at radius 2 is 2.33 bits per heavy atom. The second kappa shape index (κ2) is 6.11. The van der Waals surface area contributed by atoms with E-state index < -0.39 is 8.25 Å². The molecule has 0 heterocycles. The maximum atomic E-state index is 10.3. The Morgan fingerprint density at radius 1 is 1.67 bits per heavy atom. The highest BCUT2D eigenvalue weighted by molar-refractivity contribution is 7.33. The molecule has 0 aliphatic heterocycles. The average Bonchev–Trinajstić information content (AvgIpc) is 1.89. The monoisotopic (exact) mass is 152 g/mol. The van der Waals surface area contributed by atoms with Gasteiger partial charge in [-0.25, -0.2) is 0 Å². The normalized spacial score (nSPS) is 11.6. The molecule has 0 radical (unpaired) electrons. The van der Waals surface area contributed by atoms with Crippen LogP contribution < -0.4 is 5.90 Å². The van der Waals surface area contributed by atoms with Crippen molar-refractivity contribution in [1.82, 2.24) is 0 Å². The maximum Gasteiger partial charge on any atom is 0.716 e.